The molecule has 0 saturated heterocycles. The minimum atomic E-state index is 0.415. The molecule has 1 aliphatic rings. The predicted octanol–water partition coefficient (Wildman–Crippen LogP) is 19.4. The molecule has 1 aliphatic carbocycles. The molecule has 0 bridgehead atoms. The van der Waals surface area contributed by atoms with Crippen molar-refractivity contribution >= 4 is 45.5 Å². The Balaban J connectivity index is 0.000000165. The third kappa shape index (κ3) is 14.9. The summed E-state index contributed by atoms with van der Waals surface area (Å²) in [6.07, 6.45) is 10.0. The van der Waals surface area contributed by atoms with Crippen molar-refractivity contribution in [3.05, 3.63) is 263 Å². The van der Waals surface area contributed by atoms with Crippen LogP contribution in [0.4, 0.5) is 45.5 Å². The van der Waals surface area contributed by atoms with Crippen LogP contribution in [0.15, 0.2) is 235 Å². The Morgan fingerprint density at radius 1 is 0.431 bits per heavy atom. The van der Waals surface area contributed by atoms with Gasteiger partial charge in [-0.2, -0.15) is 0 Å². The topological polar surface area (TPSA) is 21.8 Å². The summed E-state index contributed by atoms with van der Waals surface area (Å²) in [6, 6.07) is 71.9. The average molecular weight is 947 g/mol. The Hall–Kier alpha value is -7.82. The molecular formula is C68H74N4. The summed E-state index contributed by atoms with van der Waals surface area (Å²) in [7, 11) is 2.09. The fraction of sp³-hybridized carbons (Fsp3) is 0.206. The van der Waals surface area contributed by atoms with Crippen LogP contribution in [0.5, 0.6) is 0 Å². The highest BCUT2D eigenvalue weighted by molar-refractivity contribution is 5.78. The second-order valence-corrected chi connectivity index (χ2v) is 19.6. The number of aryl methyl sites for hydroxylation is 5. The quantitative estimate of drug-likeness (QED) is 0.116. The van der Waals surface area contributed by atoms with Crippen molar-refractivity contribution in [3.8, 4) is 11.1 Å². The van der Waals surface area contributed by atoms with E-state index in [-0.39, 0.29) is 0 Å². The van der Waals surface area contributed by atoms with E-state index in [1.165, 1.54) is 84.2 Å². The van der Waals surface area contributed by atoms with Gasteiger partial charge in [-0.3, -0.25) is 0 Å². The van der Waals surface area contributed by atoms with Crippen LogP contribution in [0.3, 0.4) is 0 Å². The molecule has 0 amide bonds. The SMILES string of the molecule is CC(C)=CCC(C)Nc1ccc(N(C2=CC=C(C)CC2)c2ccc(C)cc2)cc1.Cc1ccc(-c2ccc(N(c3ccccc3)c3ccc(C)cc3)cc2)cc1.Cc1ccc(N(C)c2ccc(C)cc2)cc1. The number of nitrogens with zero attached hydrogens (tertiary/aromatic N) is 3. The summed E-state index contributed by atoms with van der Waals surface area (Å²) in [5.74, 6) is 0. The summed E-state index contributed by atoms with van der Waals surface area (Å²) in [4.78, 5) is 6.87. The van der Waals surface area contributed by atoms with Gasteiger partial charge < -0.3 is 20.0 Å². The van der Waals surface area contributed by atoms with Gasteiger partial charge in [0.25, 0.3) is 0 Å². The molecule has 0 aliphatic heterocycles. The number of rotatable bonds is 13. The number of benzene rings is 8. The lowest BCUT2D eigenvalue weighted by atomic mass is 10.0. The number of nitrogens with one attached hydrogen (secondary N) is 1. The zero-order valence-corrected chi connectivity index (χ0v) is 44.3. The number of allylic oxidation sites excluding steroid dienone is 5. The van der Waals surface area contributed by atoms with Crippen molar-refractivity contribution < 1.29 is 0 Å². The third-order valence-electron chi connectivity index (χ3n) is 13.0. The average Bonchev–Trinajstić information content (AvgIpc) is 3.39. The Morgan fingerprint density at radius 2 is 0.792 bits per heavy atom. The van der Waals surface area contributed by atoms with E-state index in [0.717, 1.165) is 36.3 Å². The van der Waals surface area contributed by atoms with Gasteiger partial charge >= 0.3 is 0 Å². The second kappa shape index (κ2) is 25.3. The molecule has 9 rings (SSSR count). The van der Waals surface area contributed by atoms with E-state index in [1.807, 2.05) is 0 Å². The molecule has 1 atom stereocenters. The van der Waals surface area contributed by atoms with E-state index in [1.54, 1.807) is 0 Å². The minimum absolute atomic E-state index is 0.415. The lowest BCUT2D eigenvalue weighted by Crippen LogP contribution is -2.18. The first-order valence-corrected chi connectivity index (χ1v) is 25.5. The standard InChI is InChI=1S/C27H34N2.C26H23N.C15H17N/c1-20(2)6-11-23(5)28-24-12-18-27(19-13-24)29(25-14-7-21(3)8-15-25)26-16-9-22(4)10-17-26;1-20-8-12-22(13-9-20)23-14-18-26(19-15-23)27(24-6-4-3-5-7-24)25-16-10-21(2)11-17-25;1-12-4-8-14(9-5-12)16(3)15-10-6-13(2)7-11-15/h6-9,12-16,18-19,23,28H,10-11,17H2,1-5H3;3-19H,1-2H3;4-11H,1-3H3. The molecule has 0 radical (unpaired) electrons. The van der Waals surface area contributed by atoms with Crippen molar-refractivity contribution in [1.82, 2.24) is 0 Å². The van der Waals surface area contributed by atoms with E-state index in [4.69, 9.17) is 0 Å². The molecule has 4 nitrogen and oxygen atoms in total. The first-order valence-electron chi connectivity index (χ1n) is 25.5. The number of para-hydroxylation sites is 1. The molecule has 8 aromatic rings. The van der Waals surface area contributed by atoms with E-state index in [2.05, 4.69) is 308 Å². The molecule has 0 spiro atoms. The van der Waals surface area contributed by atoms with Crippen LogP contribution in [0.2, 0.25) is 0 Å². The maximum absolute atomic E-state index is 3.61. The van der Waals surface area contributed by atoms with E-state index in [0.29, 0.717) is 6.04 Å². The molecule has 366 valence electrons. The molecule has 72 heavy (non-hydrogen) atoms. The molecule has 0 aromatic heterocycles. The molecule has 8 aromatic carbocycles. The fourth-order valence-corrected chi connectivity index (χ4v) is 8.51. The van der Waals surface area contributed by atoms with Crippen LogP contribution >= 0.6 is 0 Å². The first kappa shape index (κ1) is 52.0. The molecule has 0 fully saturated rings. The lowest BCUT2D eigenvalue weighted by Gasteiger charge is -2.30. The second-order valence-electron chi connectivity index (χ2n) is 19.6. The molecule has 0 heterocycles. The van der Waals surface area contributed by atoms with Gasteiger partial charge in [-0.05, 0) is 196 Å². The minimum Gasteiger partial charge on any atom is -0.382 e. The van der Waals surface area contributed by atoms with Crippen LogP contribution < -0.4 is 20.0 Å². The van der Waals surface area contributed by atoms with E-state index < -0.39 is 0 Å². The van der Waals surface area contributed by atoms with Gasteiger partial charge in [-0.25, -0.2) is 0 Å². The normalized spacial score (nSPS) is 12.1. The zero-order chi connectivity index (χ0) is 51.0. The van der Waals surface area contributed by atoms with Crippen LogP contribution in [0, 0.1) is 34.6 Å². The summed E-state index contributed by atoms with van der Waals surface area (Å²) in [5, 5.41) is 3.61. The fourth-order valence-electron chi connectivity index (χ4n) is 8.51. The van der Waals surface area contributed by atoms with Crippen LogP contribution in [0.25, 0.3) is 11.1 Å². The monoisotopic (exact) mass is 947 g/mol. The van der Waals surface area contributed by atoms with Gasteiger partial charge in [0.15, 0.2) is 0 Å². The Labute approximate surface area is 432 Å². The van der Waals surface area contributed by atoms with Crippen LogP contribution in [-0.2, 0) is 0 Å². The maximum Gasteiger partial charge on any atom is 0.0462 e. The lowest BCUT2D eigenvalue weighted by molar-refractivity contribution is 0.808. The van der Waals surface area contributed by atoms with Crippen molar-refractivity contribution in [1.29, 1.82) is 0 Å². The highest BCUT2D eigenvalue weighted by Crippen LogP contribution is 2.37. The largest absolute Gasteiger partial charge is 0.382 e. The summed E-state index contributed by atoms with van der Waals surface area (Å²) < 4.78 is 0. The zero-order valence-electron chi connectivity index (χ0n) is 44.3. The number of hydrogen-bond donors (Lipinski definition) is 1. The van der Waals surface area contributed by atoms with E-state index >= 15 is 0 Å². The number of hydrogen-bond acceptors (Lipinski definition) is 4. The van der Waals surface area contributed by atoms with Crippen molar-refractivity contribution in [3.63, 3.8) is 0 Å². The van der Waals surface area contributed by atoms with Crippen molar-refractivity contribution in [2.75, 3.05) is 27.1 Å². The van der Waals surface area contributed by atoms with Crippen LogP contribution in [0.1, 0.15) is 74.8 Å². The Morgan fingerprint density at radius 3 is 1.21 bits per heavy atom. The smallest absolute Gasteiger partial charge is 0.0462 e. The Bertz CT molecular complexity index is 2950. The van der Waals surface area contributed by atoms with Gasteiger partial charge in [-0.1, -0.05) is 154 Å². The summed E-state index contributed by atoms with van der Waals surface area (Å²) in [5.41, 5.74) is 22.5. The maximum atomic E-state index is 3.61. The van der Waals surface area contributed by atoms with Crippen molar-refractivity contribution in [2.45, 2.75) is 87.6 Å². The van der Waals surface area contributed by atoms with Gasteiger partial charge in [0.05, 0.1) is 0 Å². The molecule has 0 saturated carbocycles. The predicted molar refractivity (Wildman–Crippen MR) is 314 cm³/mol. The summed E-state index contributed by atoms with van der Waals surface area (Å²) in [6.45, 7) is 19.3. The van der Waals surface area contributed by atoms with Gasteiger partial charge in [-0.15, -0.1) is 0 Å². The van der Waals surface area contributed by atoms with E-state index in [9.17, 15) is 0 Å². The van der Waals surface area contributed by atoms with Gasteiger partial charge in [0.2, 0.25) is 0 Å². The highest BCUT2D eigenvalue weighted by Gasteiger charge is 2.17. The molecule has 4 heteroatoms. The Kier molecular flexibility index (Phi) is 18.3. The molecule has 1 unspecified atom stereocenters. The third-order valence-corrected chi connectivity index (χ3v) is 13.0. The highest BCUT2D eigenvalue weighted by atomic mass is 15.2. The van der Waals surface area contributed by atoms with Gasteiger partial charge in [0, 0.05) is 64.3 Å². The first-order chi connectivity index (χ1) is 34.8. The van der Waals surface area contributed by atoms with Gasteiger partial charge in [0.1, 0.15) is 0 Å². The van der Waals surface area contributed by atoms with Crippen LogP contribution in [-0.4, -0.2) is 13.1 Å². The molecule has 1 N–H and O–H groups in total. The molecular weight excluding hydrogens is 873 g/mol. The van der Waals surface area contributed by atoms with Crippen molar-refractivity contribution in [2.24, 2.45) is 0 Å². The number of anilines is 8. The summed E-state index contributed by atoms with van der Waals surface area (Å²) >= 11 is 0.